The second-order valence-electron chi connectivity index (χ2n) is 7.69. The molecular formula is C23H49NO2. The van der Waals surface area contributed by atoms with Gasteiger partial charge in [0, 0.05) is 12.5 Å². The summed E-state index contributed by atoms with van der Waals surface area (Å²) in [6.07, 6.45) is 21.4. The summed E-state index contributed by atoms with van der Waals surface area (Å²) in [7, 11) is 1.98. The van der Waals surface area contributed by atoms with Gasteiger partial charge in [-0.3, -0.25) is 4.79 Å². The van der Waals surface area contributed by atoms with E-state index in [0.29, 0.717) is 12.5 Å². The minimum atomic E-state index is -0.653. The van der Waals surface area contributed by atoms with E-state index in [1.165, 1.54) is 89.9 Å². The smallest absolute Gasteiger partial charge is 0.303 e. The maximum Gasteiger partial charge on any atom is 0.303 e. The summed E-state index contributed by atoms with van der Waals surface area (Å²) < 4.78 is 0. The van der Waals surface area contributed by atoms with E-state index in [-0.39, 0.29) is 0 Å². The molecule has 1 atom stereocenters. The van der Waals surface area contributed by atoms with Gasteiger partial charge in [-0.1, -0.05) is 104 Å². The number of nitrogens with one attached hydrogen (secondary N) is 1. The van der Waals surface area contributed by atoms with Gasteiger partial charge < -0.3 is 10.4 Å². The van der Waals surface area contributed by atoms with Crippen LogP contribution in [0.15, 0.2) is 0 Å². The first-order valence-corrected chi connectivity index (χ1v) is 11.5. The average molecular weight is 372 g/mol. The Morgan fingerprint density at radius 1 is 0.731 bits per heavy atom. The van der Waals surface area contributed by atoms with E-state index in [9.17, 15) is 4.79 Å². The van der Waals surface area contributed by atoms with Gasteiger partial charge in [-0.2, -0.15) is 0 Å². The van der Waals surface area contributed by atoms with Crippen LogP contribution < -0.4 is 5.32 Å². The Hall–Kier alpha value is -0.570. The minimum absolute atomic E-state index is 0.345. The van der Waals surface area contributed by atoms with Gasteiger partial charge in [0.2, 0.25) is 0 Å². The molecule has 2 N–H and O–H groups in total. The number of carboxylic acids is 1. The lowest BCUT2D eigenvalue weighted by Crippen LogP contribution is -2.19. The normalized spacial score (nSPS) is 11.7. The summed E-state index contributed by atoms with van der Waals surface area (Å²) in [5.41, 5.74) is 0. The summed E-state index contributed by atoms with van der Waals surface area (Å²) >= 11 is 0. The van der Waals surface area contributed by atoms with Crippen LogP contribution in [0, 0.1) is 0 Å². The van der Waals surface area contributed by atoms with Crippen molar-refractivity contribution in [3.8, 4) is 0 Å². The Balaban J connectivity index is 0. The Kier molecular flexibility index (Phi) is 26.0. The van der Waals surface area contributed by atoms with Crippen LogP contribution in [0.1, 0.15) is 130 Å². The van der Waals surface area contributed by atoms with Gasteiger partial charge in [0.1, 0.15) is 0 Å². The molecule has 3 heteroatoms. The fourth-order valence-electron chi connectivity index (χ4n) is 2.85. The third-order valence-corrected chi connectivity index (χ3v) is 5.10. The number of carbonyl (C=O) groups is 1. The fraction of sp³-hybridized carbons (Fsp3) is 0.957. The number of aliphatic carboxylic acids is 1. The number of rotatable bonds is 18. The van der Waals surface area contributed by atoms with Gasteiger partial charge in [-0.05, 0) is 26.8 Å². The second-order valence-corrected chi connectivity index (χ2v) is 7.69. The second kappa shape index (κ2) is 24.4. The van der Waals surface area contributed by atoms with Gasteiger partial charge in [-0.25, -0.2) is 0 Å². The van der Waals surface area contributed by atoms with Crippen molar-refractivity contribution >= 4 is 5.97 Å². The molecule has 0 fully saturated rings. The van der Waals surface area contributed by atoms with Crippen molar-refractivity contribution in [2.45, 2.75) is 136 Å². The number of hydrogen-bond donors (Lipinski definition) is 2. The van der Waals surface area contributed by atoms with E-state index >= 15 is 0 Å². The highest BCUT2D eigenvalue weighted by Crippen LogP contribution is 2.13. The zero-order chi connectivity index (χ0) is 19.9. The van der Waals surface area contributed by atoms with Crippen molar-refractivity contribution in [1.29, 1.82) is 0 Å². The lowest BCUT2D eigenvalue weighted by Gasteiger charge is -2.03. The van der Waals surface area contributed by atoms with E-state index in [1.54, 1.807) is 0 Å². The Labute approximate surface area is 164 Å². The molecule has 0 rings (SSSR count). The van der Waals surface area contributed by atoms with Crippen molar-refractivity contribution in [3.63, 3.8) is 0 Å². The van der Waals surface area contributed by atoms with Crippen molar-refractivity contribution in [1.82, 2.24) is 5.32 Å². The Morgan fingerprint density at radius 2 is 1.08 bits per heavy atom. The maximum atomic E-state index is 10.3. The number of unbranched alkanes of at least 4 members (excludes halogenated alkanes) is 14. The summed E-state index contributed by atoms with van der Waals surface area (Å²) in [6.45, 7) is 6.60. The van der Waals surface area contributed by atoms with Gasteiger partial charge in [-0.15, -0.1) is 0 Å². The topological polar surface area (TPSA) is 49.3 Å². The molecule has 0 radical (unpaired) electrons. The summed E-state index contributed by atoms with van der Waals surface area (Å²) in [5.74, 6) is -0.653. The highest BCUT2D eigenvalue weighted by molar-refractivity contribution is 5.66. The standard InChI is InChI=1S/C18H36O2.C5H13N/c1-2-3-4-5-6-7-8-9-10-11-12-13-14-15-16-17-18(19)20;1-4-5(2)6-3/h2-17H2,1H3,(H,19,20);5-6H,4H2,1-3H3. The van der Waals surface area contributed by atoms with Gasteiger partial charge in [0.15, 0.2) is 0 Å². The molecule has 0 saturated heterocycles. The Bertz CT molecular complexity index is 265. The van der Waals surface area contributed by atoms with Crippen LogP contribution in [0.3, 0.4) is 0 Å². The highest BCUT2D eigenvalue weighted by Gasteiger charge is 1.97. The summed E-state index contributed by atoms with van der Waals surface area (Å²) in [4.78, 5) is 10.3. The van der Waals surface area contributed by atoms with Crippen molar-refractivity contribution < 1.29 is 9.90 Å². The van der Waals surface area contributed by atoms with Gasteiger partial charge in [0.05, 0.1) is 0 Å². The van der Waals surface area contributed by atoms with Crippen molar-refractivity contribution in [2.24, 2.45) is 0 Å². The van der Waals surface area contributed by atoms with E-state index in [1.807, 2.05) is 7.05 Å². The SMILES string of the molecule is CCC(C)NC.CCCCCCCCCCCCCCCCCC(=O)O. The molecule has 26 heavy (non-hydrogen) atoms. The molecule has 0 aliphatic carbocycles. The largest absolute Gasteiger partial charge is 0.481 e. The minimum Gasteiger partial charge on any atom is -0.481 e. The van der Waals surface area contributed by atoms with Crippen LogP contribution in [0.2, 0.25) is 0 Å². The molecule has 0 aromatic rings. The summed E-state index contributed by atoms with van der Waals surface area (Å²) in [6, 6.07) is 0.685. The predicted octanol–water partition coefficient (Wildman–Crippen LogP) is 7.34. The van der Waals surface area contributed by atoms with E-state index < -0.39 is 5.97 Å². The molecule has 158 valence electrons. The van der Waals surface area contributed by atoms with E-state index in [2.05, 4.69) is 26.1 Å². The first-order chi connectivity index (χ1) is 12.6. The molecule has 1 unspecified atom stereocenters. The maximum absolute atomic E-state index is 10.3. The van der Waals surface area contributed by atoms with Crippen LogP contribution >= 0.6 is 0 Å². The molecule has 0 aliphatic rings. The van der Waals surface area contributed by atoms with Crippen LogP contribution in [-0.2, 0) is 4.79 Å². The Morgan fingerprint density at radius 3 is 1.31 bits per heavy atom. The molecule has 3 nitrogen and oxygen atoms in total. The fourth-order valence-corrected chi connectivity index (χ4v) is 2.85. The van der Waals surface area contributed by atoms with Gasteiger partial charge >= 0.3 is 5.97 Å². The van der Waals surface area contributed by atoms with Gasteiger partial charge in [0.25, 0.3) is 0 Å². The zero-order valence-corrected chi connectivity index (χ0v) is 18.5. The van der Waals surface area contributed by atoms with Crippen LogP contribution in [0.25, 0.3) is 0 Å². The zero-order valence-electron chi connectivity index (χ0n) is 18.5. The quantitative estimate of drug-likeness (QED) is 0.248. The molecule has 0 saturated carbocycles. The molecule has 0 aromatic carbocycles. The molecule has 0 aromatic heterocycles. The first kappa shape index (κ1) is 27.6. The monoisotopic (exact) mass is 371 g/mol. The third kappa shape index (κ3) is 28.2. The number of carboxylic acid groups (broad SMARTS) is 1. The molecular weight excluding hydrogens is 322 g/mol. The lowest BCUT2D eigenvalue weighted by atomic mass is 10.0. The molecule has 0 bridgehead atoms. The van der Waals surface area contributed by atoms with E-state index in [4.69, 9.17) is 5.11 Å². The molecule has 0 heterocycles. The highest BCUT2D eigenvalue weighted by atomic mass is 16.4. The molecule has 0 aliphatic heterocycles. The number of hydrogen-bond acceptors (Lipinski definition) is 2. The van der Waals surface area contributed by atoms with Crippen molar-refractivity contribution in [3.05, 3.63) is 0 Å². The van der Waals surface area contributed by atoms with Crippen molar-refractivity contribution in [2.75, 3.05) is 7.05 Å². The molecule has 0 spiro atoms. The summed E-state index contributed by atoms with van der Waals surface area (Å²) in [5, 5.41) is 11.6. The molecule has 0 amide bonds. The van der Waals surface area contributed by atoms with Crippen LogP contribution in [0.5, 0.6) is 0 Å². The lowest BCUT2D eigenvalue weighted by molar-refractivity contribution is -0.137. The van der Waals surface area contributed by atoms with E-state index in [0.717, 1.165) is 12.8 Å². The predicted molar refractivity (Wildman–Crippen MR) is 116 cm³/mol. The average Bonchev–Trinajstić information content (AvgIpc) is 2.64. The third-order valence-electron chi connectivity index (χ3n) is 5.10. The van der Waals surface area contributed by atoms with Crippen LogP contribution in [-0.4, -0.2) is 24.2 Å². The first-order valence-electron chi connectivity index (χ1n) is 11.5. The van der Waals surface area contributed by atoms with Crippen LogP contribution in [0.4, 0.5) is 0 Å².